The van der Waals surface area contributed by atoms with Crippen molar-refractivity contribution in [2.24, 2.45) is 0 Å². The lowest BCUT2D eigenvalue weighted by atomic mass is 10.1. The maximum atomic E-state index is 13.1. The van der Waals surface area contributed by atoms with Crippen LogP contribution in [0.25, 0.3) is 0 Å². The van der Waals surface area contributed by atoms with Gasteiger partial charge in [-0.25, -0.2) is 12.8 Å². The van der Waals surface area contributed by atoms with Crippen molar-refractivity contribution in [3.05, 3.63) is 30.1 Å². The van der Waals surface area contributed by atoms with E-state index in [9.17, 15) is 17.6 Å². The van der Waals surface area contributed by atoms with Gasteiger partial charge < -0.3 is 5.32 Å². The lowest BCUT2D eigenvalue weighted by Gasteiger charge is -2.31. The fourth-order valence-electron chi connectivity index (χ4n) is 3.02. The highest BCUT2D eigenvalue weighted by Gasteiger charge is 2.32. The predicted octanol–water partition coefficient (Wildman–Crippen LogP) is 2.43. The second-order valence-electron chi connectivity index (χ2n) is 5.95. The number of nitrogens with one attached hydrogen (secondary N) is 1. The Morgan fingerprint density at radius 3 is 2.35 bits per heavy atom. The van der Waals surface area contributed by atoms with Gasteiger partial charge in [0.2, 0.25) is 15.9 Å². The fraction of sp³-hybridized carbons (Fsp3) is 0.562. The molecule has 1 aliphatic carbocycles. The van der Waals surface area contributed by atoms with E-state index in [0.29, 0.717) is 12.1 Å². The number of carbonyl (C=O) groups excluding carboxylic acids is 1. The maximum absolute atomic E-state index is 13.1. The van der Waals surface area contributed by atoms with Crippen LogP contribution in [0.15, 0.2) is 24.3 Å². The van der Waals surface area contributed by atoms with E-state index in [4.69, 9.17) is 0 Å². The molecule has 1 N–H and O–H groups in total. The van der Waals surface area contributed by atoms with Gasteiger partial charge in [-0.3, -0.25) is 9.10 Å². The third-order valence-electron chi connectivity index (χ3n) is 4.11. The fourth-order valence-corrected chi connectivity index (χ4v) is 4.23. The summed E-state index contributed by atoms with van der Waals surface area (Å²) >= 11 is 0. The molecule has 0 aliphatic heterocycles. The van der Waals surface area contributed by atoms with Gasteiger partial charge in [0.15, 0.2) is 0 Å². The first kappa shape index (κ1) is 17.7. The summed E-state index contributed by atoms with van der Waals surface area (Å²) in [5, 5.41) is 2.94. The van der Waals surface area contributed by atoms with Crippen molar-refractivity contribution in [1.29, 1.82) is 0 Å². The van der Waals surface area contributed by atoms with Crippen molar-refractivity contribution in [3.8, 4) is 0 Å². The van der Waals surface area contributed by atoms with Crippen LogP contribution in [0.4, 0.5) is 10.1 Å². The number of anilines is 1. The zero-order valence-corrected chi connectivity index (χ0v) is 14.3. The van der Waals surface area contributed by atoms with Crippen molar-refractivity contribution < 1.29 is 17.6 Å². The second-order valence-corrected chi connectivity index (χ2v) is 7.81. The van der Waals surface area contributed by atoms with Crippen LogP contribution in [-0.2, 0) is 14.8 Å². The topological polar surface area (TPSA) is 66.5 Å². The minimum atomic E-state index is -3.67. The molecule has 1 aromatic rings. The van der Waals surface area contributed by atoms with E-state index in [-0.39, 0.29) is 11.9 Å². The predicted molar refractivity (Wildman–Crippen MR) is 88.2 cm³/mol. The number of hydrogen-bond acceptors (Lipinski definition) is 3. The molecule has 1 fully saturated rings. The smallest absolute Gasteiger partial charge is 0.244 e. The molecule has 0 spiro atoms. The number of sulfonamides is 1. The average Bonchev–Trinajstić information content (AvgIpc) is 2.97. The molecule has 0 saturated heterocycles. The molecule has 0 unspecified atom stereocenters. The molecule has 0 heterocycles. The van der Waals surface area contributed by atoms with Crippen molar-refractivity contribution in [2.75, 3.05) is 10.6 Å². The summed E-state index contributed by atoms with van der Waals surface area (Å²) in [5.41, 5.74) is 0.294. The normalized spacial score (nSPS) is 17.0. The molecule has 5 nitrogen and oxygen atoms in total. The number of benzene rings is 1. The highest BCUT2D eigenvalue weighted by atomic mass is 32.2. The molecular weight excluding hydrogens is 319 g/mol. The average molecular weight is 342 g/mol. The number of carbonyl (C=O) groups is 1. The van der Waals surface area contributed by atoms with Crippen LogP contribution in [0, 0.1) is 5.82 Å². The Morgan fingerprint density at radius 2 is 1.87 bits per heavy atom. The zero-order valence-electron chi connectivity index (χ0n) is 13.5. The summed E-state index contributed by atoms with van der Waals surface area (Å²) in [7, 11) is -3.67. The van der Waals surface area contributed by atoms with Gasteiger partial charge >= 0.3 is 0 Å². The summed E-state index contributed by atoms with van der Waals surface area (Å²) in [5.74, 6) is -0.750. The molecule has 0 radical (unpaired) electrons. The van der Waals surface area contributed by atoms with E-state index >= 15 is 0 Å². The molecule has 1 amide bonds. The molecule has 7 heteroatoms. The van der Waals surface area contributed by atoms with Crippen molar-refractivity contribution >= 4 is 21.6 Å². The minimum Gasteiger partial charge on any atom is -0.352 e. The summed E-state index contributed by atoms with van der Waals surface area (Å²) in [6.45, 7) is 1.76. The van der Waals surface area contributed by atoms with E-state index in [2.05, 4.69) is 5.32 Å². The highest BCUT2D eigenvalue weighted by Crippen LogP contribution is 2.24. The van der Waals surface area contributed by atoms with E-state index in [1.807, 2.05) is 0 Å². The first-order valence-corrected chi connectivity index (χ1v) is 9.73. The van der Waals surface area contributed by atoms with Crippen molar-refractivity contribution in [1.82, 2.24) is 5.32 Å². The van der Waals surface area contributed by atoms with Gasteiger partial charge in [0.1, 0.15) is 11.9 Å². The molecule has 1 aromatic carbocycles. The van der Waals surface area contributed by atoms with Gasteiger partial charge in [-0.1, -0.05) is 19.8 Å². The molecule has 1 atom stereocenters. The van der Waals surface area contributed by atoms with Crippen LogP contribution in [0.2, 0.25) is 0 Å². The van der Waals surface area contributed by atoms with E-state index in [0.717, 1.165) is 36.2 Å². The van der Waals surface area contributed by atoms with Gasteiger partial charge in [-0.2, -0.15) is 0 Å². The Balaban J connectivity index is 2.28. The molecule has 0 bridgehead atoms. The standard InChI is InChI=1S/C16H23FN2O3S/c1-3-15(16(20)18-13-6-4-5-7-13)19(23(2,21)22)14-10-8-12(17)9-11-14/h8-11,13,15H,3-7H2,1-2H3,(H,18,20)/t15-/m1/s1. The zero-order chi connectivity index (χ0) is 17.0. The molecular formula is C16H23FN2O3S. The number of rotatable bonds is 6. The number of amides is 1. The summed E-state index contributed by atoms with van der Waals surface area (Å²) in [6, 6.07) is 4.41. The first-order valence-electron chi connectivity index (χ1n) is 7.88. The molecule has 128 valence electrons. The van der Waals surface area contributed by atoms with Crippen LogP contribution in [0.5, 0.6) is 0 Å². The summed E-state index contributed by atoms with van der Waals surface area (Å²) in [6.07, 6.45) is 5.41. The second kappa shape index (κ2) is 7.29. The van der Waals surface area contributed by atoms with Crippen LogP contribution < -0.4 is 9.62 Å². The Hall–Kier alpha value is -1.63. The number of hydrogen-bond donors (Lipinski definition) is 1. The Kier molecular flexibility index (Phi) is 5.62. The SMILES string of the molecule is CC[C@H](C(=O)NC1CCCC1)N(c1ccc(F)cc1)S(C)(=O)=O. The summed E-state index contributed by atoms with van der Waals surface area (Å²) in [4.78, 5) is 12.6. The summed E-state index contributed by atoms with van der Waals surface area (Å²) < 4.78 is 38.6. The van der Waals surface area contributed by atoms with E-state index in [1.165, 1.54) is 24.3 Å². The van der Waals surface area contributed by atoms with Gasteiger partial charge in [0.25, 0.3) is 0 Å². The number of halogens is 1. The first-order chi connectivity index (χ1) is 10.8. The lowest BCUT2D eigenvalue weighted by molar-refractivity contribution is -0.122. The molecule has 0 aromatic heterocycles. The molecule has 2 rings (SSSR count). The Morgan fingerprint density at radius 1 is 1.30 bits per heavy atom. The van der Waals surface area contributed by atoms with Gasteiger partial charge in [-0.05, 0) is 43.5 Å². The quantitative estimate of drug-likeness (QED) is 0.863. The monoisotopic (exact) mass is 342 g/mol. The van der Waals surface area contributed by atoms with Gasteiger partial charge in [0.05, 0.1) is 11.9 Å². The minimum absolute atomic E-state index is 0.117. The molecule has 1 saturated carbocycles. The van der Waals surface area contributed by atoms with Crippen LogP contribution >= 0.6 is 0 Å². The molecule has 23 heavy (non-hydrogen) atoms. The third-order valence-corrected chi connectivity index (χ3v) is 5.29. The highest BCUT2D eigenvalue weighted by molar-refractivity contribution is 7.92. The number of nitrogens with zero attached hydrogens (tertiary/aromatic N) is 1. The Labute approximate surface area is 136 Å². The van der Waals surface area contributed by atoms with E-state index < -0.39 is 21.9 Å². The van der Waals surface area contributed by atoms with Gasteiger partial charge in [0, 0.05) is 6.04 Å². The van der Waals surface area contributed by atoms with Crippen LogP contribution in [-0.4, -0.2) is 32.7 Å². The van der Waals surface area contributed by atoms with Gasteiger partial charge in [-0.15, -0.1) is 0 Å². The maximum Gasteiger partial charge on any atom is 0.244 e. The van der Waals surface area contributed by atoms with Crippen LogP contribution in [0.3, 0.4) is 0 Å². The van der Waals surface area contributed by atoms with E-state index in [1.54, 1.807) is 6.92 Å². The largest absolute Gasteiger partial charge is 0.352 e. The Bertz CT molecular complexity index is 640. The van der Waals surface area contributed by atoms with Crippen LogP contribution in [0.1, 0.15) is 39.0 Å². The molecule has 1 aliphatic rings. The van der Waals surface area contributed by atoms with Crippen molar-refractivity contribution in [2.45, 2.75) is 51.1 Å². The van der Waals surface area contributed by atoms with Crippen molar-refractivity contribution in [3.63, 3.8) is 0 Å². The third kappa shape index (κ3) is 4.43. The lowest BCUT2D eigenvalue weighted by Crippen LogP contribution is -2.51.